The predicted molar refractivity (Wildman–Crippen MR) is 102 cm³/mol. The lowest BCUT2D eigenvalue weighted by atomic mass is 10.1. The third kappa shape index (κ3) is 3.17. The lowest BCUT2D eigenvalue weighted by Crippen LogP contribution is -2.49. The van der Waals surface area contributed by atoms with Gasteiger partial charge in [-0.05, 0) is 37.6 Å². The minimum atomic E-state index is 0.115. The summed E-state index contributed by atoms with van der Waals surface area (Å²) < 4.78 is 5.31. The van der Waals surface area contributed by atoms with Crippen LogP contribution in [0, 0.1) is 13.8 Å². The van der Waals surface area contributed by atoms with E-state index in [-0.39, 0.29) is 5.91 Å². The summed E-state index contributed by atoms with van der Waals surface area (Å²) in [6, 6.07) is 14.2. The van der Waals surface area contributed by atoms with Crippen LogP contribution >= 0.6 is 0 Å². The number of hydrogen-bond acceptors (Lipinski definition) is 4. The molecule has 1 aromatic heterocycles. The van der Waals surface area contributed by atoms with E-state index >= 15 is 0 Å². The van der Waals surface area contributed by atoms with Crippen LogP contribution in [-0.2, 0) is 11.2 Å². The lowest BCUT2D eigenvalue weighted by Gasteiger charge is -2.36. The van der Waals surface area contributed by atoms with Crippen molar-refractivity contribution >= 4 is 22.6 Å². The molecule has 1 aliphatic rings. The summed E-state index contributed by atoms with van der Waals surface area (Å²) in [5.74, 6) is 0.115. The molecule has 0 unspecified atom stereocenters. The van der Waals surface area contributed by atoms with Crippen molar-refractivity contribution in [2.24, 2.45) is 0 Å². The number of para-hydroxylation sites is 1. The van der Waals surface area contributed by atoms with Crippen molar-refractivity contribution in [2.45, 2.75) is 20.3 Å². The van der Waals surface area contributed by atoms with Crippen molar-refractivity contribution in [3.8, 4) is 0 Å². The second-order valence-electron chi connectivity index (χ2n) is 6.96. The molecule has 4 rings (SSSR count). The standard InChI is InChI=1S/C21H23N3O2/c1-15-7-8-19(16(2)13-15)23-9-11-24(12-10-23)21(25)14-18-17-5-3-4-6-20(17)26-22-18/h3-8,13H,9-12,14H2,1-2H3. The average Bonchev–Trinajstić information content (AvgIpc) is 3.05. The number of amides is 1. The highest BCUT2D eigenvalue weighted by Crippen LogP contribution is 2.23. The van der Waals surface area contributed by atoms with Crippen molar-refractivity contribution < 1.29 is 9.32 Å². The van der Waals surface area contributed by atoms with Crippen LogP contribution in [0.4, 0.5) is 5.69 Å². The van der Waals surface area contributed by atoms with Gasteiger partial charge < -0.3 is 14.3 Å². The maximum absolute atomic E-state index is 12.7. The Morgan fingerprint density at radius 1 is 1.08 bits per heavy atom. The highest BCUT2D eigenvalue weighted by Gasteiger charge is 2.23. The zero-order valence-electron chi connectivity index (χ0n) is 15.2. The molecule has 26 heavy (non-hydrogen) atoms. The number of piperazine rings is 1. The second-order valence-corrected chi connectivity index (χ2v) is 6.96. The highest BCUT2D eigenvalue weighted by molar-refractivity contribution is 5.86. The Bertz CT molecular complexity index is 939. The third-order valence-corrected chi connectivity index (χ3v) is 5.10. The normalized spacial score (nSPS) is 14.8. The van der Waals surface area contributed by atoms with Crippen LogP contribution in [0.25, 0.3) is 11.0 Å². The summed E-state index contributed by atoms with van der Waals surface area (Å²) in [6.07, 6.45) is 0.292. The molecule has 5 heteroatoms. The van der Waals surface area contributed by atoms with Crippen LogP contribution in [0.2, 0.25) is 0 Å². The number of aromatic nitrogens is 1. The molecule has 134 valence electrons. The molecule has 1 aliphatic heterocycles. The minimum absolute atomic E-state index is 0.115. The first kappa shape index (κ1) is 16.6. The van der Waals surface area contributed by atoms with Crippen molar-refractivity contribution in [1.29, 1.82) is 0 Å². The Morgan fingerprint density at radius 3 is 2.62 bits per heavy atom. The molecule has 0 saturated carbocycles. The van der Waals surface area contributed by atoms with Crippen molar-refractivity contribution in [1.82, 2.24) is 10.1 Å². The van der Waals surface area contributed by atoms with E-state index < -0.39 is 0 Å². The highest BCUT2D eigenvalue weighted by atomic mass is 16.5. The van der Waals surface area contributed by atoms with Crippen LogP contribution in [-0.4, -0.2) is 42.1 Å². The van der Waals surface area contributed by atoms with Gasteiger partial charge in [-0.25, -0.2) is 0 Å². The number of carbonyl (C=O) groups excluding carboxylic acids is 1. The number of aryl methyl sites for hydroxylation is 2. The van der Waals surface area contributed by atoms with E-state index in [2.05, 4.69) is 42.1 Å². The molecule has 0 radical (unpaired) electrons. The molecule has 0 atom stereocenters. The summed E-state index contributed by atoms with van der Waals surface area (Å²) in [5, 5.41) is 5.01. The molecular weight excluding hydrogens is 326 g/mol. The smallest absolute Gasteiger partial charge is 0.228 e. The van der Waals surface area contributed by atoms with Crippen molar-refractivity contribution in [2.75, 3.05) is 31.1 Å². The lowest BCUT2D eigenvalue weighted by molar-refractivity contribution is -0.130. The first-order valence-corrected chi connectivity index (χ1v) is 9.05. The number of nitrogens with zero attached hydrogens (tertiary/aromatic N) is 3. The largest absolute Gasteiger partial charge is 0.368 e. The molecule has 0 bridgehead atoms. The van der Waals surface area contributed by atoms with Crippen molar-refractivity contribution in [3.63, 3.8) is 0 Å². The molecule has 0 aliphatic carbocycles. The SMILES string of the molecule is Cc1ccc(N2CCN(C(=O)Cc3noc4ccccc34)CC2)c(C)c1. The number of anilines is 1. The number of benzene rings is 2. The molecule has 0 spiro atoms. The number of carbonyl (C=O) groups is 1. The molecular formula is C21H23N3O2. The van der Waals surface area contributed by atoms with Crippen LogP contribution in [0.1, 0.15) is 16.8 Å². The van der Waals surface area contributed by atoms with Crippen LogP contribution in [0.5, 0.6) is 0 Å². The second kappa shape index (κ2) is 6.83. The quantitative estimate of drug-likeness (QED) is 0.728. The van der Waals surface area contributed by atoms with Crippen LogP contribution in [0.15, 0.2) is 47.0 Å². The Kier molecular flexibility index (Phi) is 4.37. The number of fused-ring (bicyclic) bond motifs is 1. The van der Waals surface area contributed by atoms with E-state index in [1.807, 2.05) is 29.2 Å². The topological polar surface area (TPSA) is 49.6 Å². The number of hydrogen-bond donors (Lipinski definition) is 0. The molecule has 0 N–H and O–H groups in total. The predicted octanol–water partition coefficient (Wildman–Crippen LogP) is 3.34. The first-order chi connectivity index (χ1) is 12.6. The van der Waals surface area contributed by atoms with Gasteiger partial charge in [0.05, 0.1) is 6.42 Å². The molecule has 1 amide bonds. The fraction of sp³-hybridized carbons (Fsp3) is 0.333. The molecule has 1 saturated heterocycles. The van der Waals surface area contributed by atoms with Gasteiger partial charge in [0.15, 0.2) is 5.58 Å². The molecule has 1 fully saturated rings. The van der Waals surface area contributed by atoms with Gasteiger partial charge in [0.2, 0.25) is 5.91 Å². The van der Waals surface area contributed by atoms with Gasteiger partial charge in [0, 0.05) is 37.3 Å². The third-order valence-electron chi connectivity index (χ3n) is 5.10. The average molecular weight is 349 g/mol. The van der Waals surface area contributed by atoms with Crippen LogP contribution < -0.4 is 4.90 Å². The van der Waals surface area contributed by atoms with E-state index in [0.29, 0.717) is 6.42 Å². The Balaban J connectivity index is 1.40. The van der Waals surface area contributed by atoms with Gasteiger partial charge in [0.1, 0.15) is 5.69 Å². The fourth-order valence-corrected chi connectivity index (χ4v) is 3.68. The summed E-state index contributed by atoms with van der Waals surface area (Å²) >= 11 is 0. The van der Waals surface area contributed by atoms with Crippen LogP contribution in [0.3, 0.4) is 0 Å². The summed E-state index contributed by atoms with van der Waals surface area (Å²) in [7, 11) is 0. The maximum atomic E-state index is 12.7. The zero-order chi connectivity index (χ0) is 18.1. The molecule has 2 aromatic carbocycles. The molecule has 5 nitrogen and oxygen atoms in total. The Labute approximate surface area is 153 Å². The first-order valence-electron chi connectivity index (χ1n) is 9.05. The van der Waals surface area contributed by atoms with Crippen molar-refractivity contribution in [3.05, 3.63) is 59.3 Å². The summed E-state index contributed by atoms with van der Waals surface area (Å²) in [4.78, 5) is 17.0. The van der Waals surface area contributed by atoms with E-state index in [1.165, 1.54) is 16.8 Å². The zero-order valence-corrected chi connectivity index (χ0v) is 15.2. The Morgan fingerprint density at radius 2 is 1.85 bits per heavy atom. The van der Waals surface area contributed by atoms with Gasteiger partial charge in [-0.3, -0.25) is 4.79 Å². The fourth-order valence-electron chi connectivity index (χ4n) is 3.68. The Hall–Kier alpha value is -2.82. The molecule has 2 heterocycles. The monoisotopic (exact) mass is 349 g/mol. The van der Waals surface area contributed by atoms with Gasteiger partial charge in [0.25, 0.3) is 0 Å². The van der Waals surface area contributed by atoms with E-state index in [4.69, 9.17) is 4.52 Å². The van der Waals surface area contributed by atoms with Gasteiger partial charge in [-0.1, -0.05) is 35.0 Å². The number of rotatable bonds is 3. The summed E-state index contributed by atoms with van der Waals surface area (Å²) in [6.45, 7) is 7.45. The van der Waals surface area contributed by atoms with Gasteiger partial charge in [-0.15, -0.1) is 0 Å². The van der Waals surface area contributed by atoms with E-state index in [0.717, 1.165) is 42.8 Å². The van der Waals surface area contributed by atoms with Gasteiger partial charge >= 0.3 is 0 Å². The maximum Gasteiger partial charge on any atom is 0.228 e. The summed E-state index contributed by atoms with van der Waals surface area (Å²) in [5.41, 5.74) is 5.29. The molecule has 3 aromatic rings. The van der Waals surface area contributed by atoms with Gasteiger partial charge in [-0.2, -0.15) is 0 Å². The van der Waals surface area contributed by atoms with E-state index in [1.54, 1.807) is 0 Å². The van der Waals surface area contributed by atoms with E-state index in [9.17, 15) is 4.79 Å². The minimum Gasteiger partial charge on any atom is -0.368 e.